The molecule has 0 fully saturated rings. The van der Waals surface area contributed by atoms with Gasteiger partial charge in [0.25, 0.3) is 0 Å². The van der Waals surface area contributed by atoms with E-state index in [1.165, 1.54) is 5.56 Å². The first kappa shape index (κ1) is 10.8. The topological polar surface area (TPSA) is 14.1 Å². The van der Waals surface area contributed by atoms with Gasteiger partial charge in [0.1, 0.15) is 0 Å². The fourth-order valence-corrected chi connectivity index (χ4v) is 0.881. The van der Waals surface area contributed by atoms with Crippen LogP contribution in [0.1, 0.15) is 18.5 Å². The van der Waals surface area contributed by atoms with Crippen molar-refractivity contribution in [3.05, 3.63) is 41.2 Å². The molecule has 0 amide bonds. The molecule has 0 N–H and O–H groups in total. The van der Waals surface area contributed by atoms with Gasteiger partial charge in [0.15, 0.2) is 0 Å². The number of nitrogens with zero attached hydrogens (tertiary/aromatic N) is 1. The third-order valence-electron chi connectivity index (χ3n) is 1.67. The SMILES string of the molecule is C[N-][C@@H](C)c1ccccc1.[Li+]. The second kappa shape index (κ2) is 5.43. The minimum Gasteiger partial charge on any atom is -0.659 e. The zero-order chi connectivity index (χ0) is 7.40. The minimum atomic E-state index is 0. The maximum atomic E-state index is 4.16. The Kier molecular flexibility index (Phi) is 5.32. The Hall–Kier alpha value is -0.223. The standard InChI is InChI=1S/C9H12N.Li/c1-8(10-2)9-6-4-3-5-7-9;/h3-8H,1-2H3;/q-1;+1/t8-;/m0./s1. The van der Waals surface area contributed by atoms with Gasteiger partial charge in [0.2, 0.25) is 0 Å². The van der Waals surface area contributed by atoms with Crippen LogP contribution in [-0.2, 0) is 0 Å². The molecule has 11 heavy (non-hydrogen) atoms. The summed E-state index contributed by atoms with van der Waals surface area (Å²) in [4.78, 5) is 0. The number of benzene rings is 1. The fourth-order valence-electron chi connectivity index (χ4n) is 0.881. The van der Waals surface area contributed by atoms with E-state index < -0.39 is 0 Å². The van der Waals surface area contributed by atoms with Crippen molar-refractivity contribution in [3.63, 3.8) is 0 Å². The molecule has 0 bridgehead atoms. The molecule has 1 aromatic carbocycles. The summed E-state index contributed by atoms with van der Waals surface area (Å²) in [5.41, 5.74) is 1.28. The predicted octanol–water partition coefficient (Wildman–Crippen LogP) is -0.245. The average molecular weight is 141 g/mol. The van der Waals surface area contributed by atoms with Gasteiger partial charge >= 0.3 is 18.9 Å². The van der Waals surface area contributed by atoms with Crippen LogP contribution < -0.4 is 18.9 Å². The molecule has 0 saturated heterocycles. The van der Waals surface area contributed by atoms with E-state index in [1.54, 1.807) is 0 Å². The van der Waals surface area contributed by atoms with Gasteiger partial charge in [-0.25, -0.2) is 0 Å². The number of rotatable bonds is 2. The van der Waals surface area contributed by atoms with Crippen LogP contribution in [0.25, 0.3) is 5.32 Å². The zero-order valence-corrected chi connectivity index (χ0v) is 7.41. The molecule has 0 heterocycles. The van der Waals surface area contributed by atoms with Crippen LogP contribution in [0.15, 0.2) is 30.3 Å². The maximum Gasteiger partial charge on any atom is 1.00 e. The minimum absolute atomic E-state index is 0. The molecule has 0 saturated carbocycles. The third kappa shape index (κ3) is 3.12. The summed E-state index contributed by atoms with van der Waals surface area (Å²) in [5.74, 6) is 0. The maximum absolute atomic E-state index is 4.16. The molecule has 1 nitrogen and oxygen atoms in total. The summed E-state index contributed by atoms with van der Waals surface area (Å²) in [6.45, 7) is 2.09. The van der Waals surface area contributed by atoms with Crippen LogP contribution in [0.5, 0.6) is 0 Å². The van der Waals surface area contributed by atoms with Gasteiger partial charge in [0.05, 0.1) is 0 Å². The van der Waals surface area contributed by atoms with Crippen molar-refractivity contribution >= 4 is 0 Å². The van der Waals surface area contributed by atoms with E-state index >= 15 is 0 Å². The molecule has 0 spiro atoms. The molecule has 0 aliphatic carbocycles. The molecule has 1 aromatic rings. The molecule has 0 aromatic heterocycles. The van der Waals surface area contributed by atoms with Crippen LogP contribution >= 0.6 is 0 Å². The second-order valence-corrected chi connectivity index (χ2v) is 2.34. The molecule has 1 atom stereocenters. The normalized spacial score (nSPS) is 11.8. The monoisotopic (exact) mass is 141 g/mol. The second-order valence-electron chi connectivity index (χ2n) is 2.34. The van der Waals surface area contributed by atoms with E-state index in [9.17, 15) is 0 Å². The summed E-state index contributed by atoms with van der Waals surface area (Å²) in [6.07, 6.45) is 0. The van der Waals surface area contributed by atoms with E-state index in [1.807, 2.05) is 25.2 Å². The molecular weight excluding hydrogens is 129 g/mol. The van der Waals surface area contributed by atoms with Crippen LogP contribution in [0.3, 0.4) is 0 Å². The van der Waals surface area contributed by atoms with Crippen molar-refractivity contribution in [2.75, 3.05) is 7.05 Å². The number of hydrogen-bond donors (Lipinski definition) is 0. The van der Waals surface area contributed by atoms with Gasteiger partial charge < -0.3 is 5.32 Å². The van der Waals surface area contributed by atoms with Gasteiger partial charge in [0, 0.05) is 0 Å². The molecule has 2 heteroatoms. The van der Waals surface area contributed by atoms with Crippen molar-refractivity contribution in [3.8, 4) is 0 Å². The summed E-state index contributed by atoms with van der Waals surface area (Å²) in [6, 6.07) is 10.6. The summed E-state index contributed by atoms with van der Waals surface area (Å²) in [7, 11) is 1.84. The van der Waals surface area contributed by atoms with E-state index in [0.29, 0.717) is 6.04 Å². The van der Waals surface area contributed by atoms with E-state index in [4.69, 9.17) is 0 Å². The molecular formula is C9H12LiN. The molecule has 0 aliphatic rings. The van der Waals surface area contributed by atoms with Gasteiger partial charge in [-0.2, -0.15) is 7.05 Å². The van der Waals surface area contributed by atoms with Gasteiger partial charge in [-0.15, -0.1) is 6.04 Å². The Morgan fingerprint density at radius 1 is 1.18 bits per heavy atom. The molecule has 1 rings (SSSR count). The van der Waals surface area contributed by atoms with Crippen LogP contribution in [-0.4, -0.2) is 7.05 Å². The molecule has 0 aliphatic heterocycles. The quantitative estimate of drug-likeness (QED) is 0.504. The Balaban J connectivity index is 0.000001000. The smallest absolute Gasteiger partial charge is 0.659 e. The first-order valence-corrected chi connectivity index (χ1v) is 3.48. The van der Waals surface area contributed by atoms with Gasteiger partial charge in [-0.3, -0.25) is 0 Å². The summed E-state index contributed by atoms with van der Waals surface area (Å²) >= 11 is 0. The van der Waals surface area contributed by atoms with Crippen LogP contribution in [0, 0.1) is 0 Å². The van der Waals surface area contributed by atoms with Gasteiger partial charge in [-0.05, 0) is 0 Å². The van der Waals surface area contributed by atoms with E-state index in [0.717, 1.165) is 0 Å². The van der Waals surface area contributed by atoms with Crippen molar-refractivity contribution in [2.45, 2.75) is 13.0 Å². The molecule has 0 radical (unpaired) electrons. The van der Waals surface area contributed by atoms with Crippen molar-refractivity contribution < 1.29 is 18.9 Å². The Bertz CT molecular complexity index is 186. The Labute approximate surface area is 80.4 Å². The van der Waals surface area contributed by atoms with E-state index in [-0.39, 0.29) is 18.9 Å². The molecule has 54 valence electrons. The van der Waals surface area contributed by atoms with Gasteiger partial charge in [-0.1, -0.05) is 42.8 Å². The fraction of sp³-hybridized carbons (Fsp3) is 0.333. The first-order chi connectivity index (χ1) is 4.84. The third-order valence-corrected chi connectivity index (χ3v) is 1.67. The van der Waals surface area contributed by atoms with E-state index in [2.05, 4.69) is 24.4 Å². The zero-order valence-electron chi connectivity index (χ0n) is 7.41. The van der Waals surface area contributed by atoms with Crippen molar-refractivity contribution in [1.29, 1.82) is 0 Å². The average Bonchev–Trinajstić information content (AvgIpc) is 2.05. The molecule has 0 unspecified atom stereocenters. The van der Waals surface area contributed by atoms with Crippen molar-refractivity contribution in [1.82, 2.24) is 0 Å². The van der Waals surface area contributed by atoms with Crippen LogP contribution in [0.4, 0.5) is 0 Å². The summed E-state index contributed by atoms with van der Waals surface area (Å²) in [5, 5.41) is 4.16. The number of hydrogen-bond acceptors (Lipinski definition) is 0. The largest absolute Gasteiger partial charge is 1.00 e. The summed E-state index contributed by atoms with van der Waals surface area (Å²) < 4.78 is 0. The van der Waals surface area contributed by atoms with Crippen molar-refractivity contribution in [2.24, 2.45) is 0 Å². The predicted molar refractivity (Wildman–Crippen MR) is 44.1 cm³/mol. The Morgan fingerprint density at radius 3 is 2.18 bits per heavy atom. The first-order valence-electron chi connectivity index (χ1n) is 3.48. The Morgan fingerprint density at radius 2 is 1.73 bits per heavy atom. The van der Waals surface area contributed by atoms with Crippen LogP contribution in [0.2, 0.25) is 0 Å².